The van der Waals surface area contributed by atoms with Crippen molar-refractivity contribution in [3.05, 3.63) is 48.5 Å². The minimum atomic E-state index is -0.863. The van der Waals surface area contributed by atoms with Gasteiger partial charge in [-0.25, -0.2) is 14.4 Å². The standard InChI is InChI=1S/C22H16N2O10/c23-13-32-16-5-7-18(8-6-16)34-22(29)12-31-20(27)10-9-19(26)30-11-21(28)33-17-3-1-15(2-4-17)24-14-25/h1-8H,9-12H2. The van der Waals surface area contributed by atoms with Gasteiger partial charge in [-0.15, -0.1) is 5.26 Å². The highest BCUT2D eigenvalue weighted by Gasteiger charge is 2.14. The molecule has 0 unspecified atom stereocenters. The third-order valence-corrected chi connectivity index (χ3v) is 3.70. The van der Waals surface area contributed by atoms with Crippen LogP contribution in [0.4, 0.5) is 5.69 Å². The highest BCUT2D eigenvalue weighted by atomic mass is 16.6. The van der Waals surface area contributed by atoms with Gasteiger partial charge in [0.15, 0.2) is 13.2 Å². The van der Waals surface area contributed by atoms with E-state index in [0.717, 1.165) is 0 Å². The Balaban J connectivity index is 1.62. The van der Waals surface area contributed by atoms with Gasteiger partial charge in [-0.2, -0.15) is 4.99 Å². The largest absolute Gasteiger partial charge is 0.454 e. The van der Waals surface area contributed by atoms with Gasteiger partial charge in [-0.1, -0.05) is 0 Å². The summed E-state index contributed by atoms with van der Waals surface area (Å²) in [6.45, 7) is -1.37. The number of ether oxygens (including phenoxy) is 5. The maximum atomic E-state index is 11.7. The molecule has 2 rings (SSSR count). The summed E-state index contributed by atoms with van der Waals surface area (Å²) in [6, 6.07) is 11.2. The van der Waals surface area contributed by atoms with Crippen molar-refractivity contribution in [2.45, 2.75) is 12.8 Å². The highest BCUT2D eigenvalue weighted by Crippen LogP contribution is 2.18. The number of esters is 4. The first-order chi connectivity index (χ1) is 16.4. The van der Waals surface area contributed by atoms with Crippen LogP contribution in [-0.2, 0) is 33.4 Å². The number of isocyanates is 1. The van der Waals surface area contributed by atoms with Crippen LogP contribution in [0.1, 0.15) is 12.8 Å². The van der Waals surface area contributed by atoms with E-state index in [1.54, 1.807) is 0 Å². The minimum Gasteiger partial charge on any atom is -0.454 e. The average Bonchev–Trinajstić information content (AvgIpc) is 2.83. The van der Waals surface area contributed by atoms with Crippen molar-refractivity contribution < 1.29 is 47.7 Å². The molecule has 0 heterocycles. The van der Waals surface area contributed by atoms with Crippen molar-refractivity contribution in [2.75, 3.05) is 13.2 Å². The lowest BCUT2D eigenvalue weighted by molar-refractivity contribution is -0.157. The smallest absolute Gasteiger partial charge is 0.349 e. The summed E-state index contributed by atoms with van der Waals surface area (Å²) < 4.78 is 23.9. The lowest BCUT2D eigenvalue weighted by atomic mass is 10.3. The van der Waals surface area contributed by atoms with Gasteiger partial charge in [0.25, 0.3) is 6.26 Å². The topological polar surface area (TPSA) is 168 Å². The molecule has 34 heavy (non-hydrogen) atoms. The molecule has 0 aliphatic carbocycles. The van der Waals surface area contributed by atoms with Crippen molar-refractivity contribution >= 4 is 35.6 Å². The van der Waals surface area contributed by atoms with Gasteiger partial charge < -0.3 is 23.7 Å². The molecule has 0 radical (unpaired) electrons. The fourth-order valence-corrected chi connectivity index (χ4v) is 2.22. The maximum absolute atomic E-state index is 11.7. The summed E-state index contributed by atoms with van der Waals surface area (Å²) in [5.74, 6) is -2.89. The van der Waals surface area contributed by atoms with Gasteiger partial charge in [0.05, 0.1) is 18.5 Å². The van der Waals surface area contributed by atoms with Crippen LogP contribution in [0.25, 0.3) is 0 Å². The van der Waals surface area contributed by atoms with Crippen molar-refractivity contribution in [3.63, 3.8) is 0 Å². The first-order valence-electron chi connectivity index (χ1n) is 9.46. The number of benzene rings is 2. The Morgan fingerprint density at radius 1 is 0.706 bits per heavy atom. The van der Waals surface area contributed by atoms with E-state index in [1.165, 1.54) is 60.9 Å². The Bertz CT molecular complexity index is 1110. The van der Waals surface area contributed by atoms with E-state index >= 15 is 0 Å². The molecule has 0 atom stereocenters. The summed E-state index contributed by atoms with van der Waals surface area (Å²) in [5, 5.41) is 8.40. The number of nitrogens with zero attached hydrogens (tertiary/aromatic N) is 2. The molecule has 0 N–H and O–H groups in total. The Morgan fingerprint density at radius 3 is 1.59 bits per heavy atom. The molecule has 2 aromatic rings. The van der Waals surface area contributed by atoms with Crippen molar-refractivity contribution in [1.82, 2.24) is 0 Å². The number of hydrogen-bond acceptors (Lipinski definition) is 12. The van der Waals surface area contributed by atoms with E-state index in [2.05, 4.69) is 9.73 Å². The molecular weight excluding hydrogens is 452 g/mol. The average molecular weight is 468 g/mol. The van der Waals surface area contributed by atoms with Crippen LogP contribution >= 0.6 is 0 Å². The van der Waals surface area contributed by atoms with Crippen LogP contribution in [-0.4, -0.2) is 43.2 Å². The van der Waals surface area contributed by atoms with Gasteiger partial charge in [0, 0.05) is 0 Å². The molecule has 0 bridgehead atoms. The number of aliphatic imine (C=N–C) groups is 1. The lowest BCUT2D eigenvalue weighted by Gasteiger charge is -2.07. The SMILES string of the molecule is N#COc1ccc(OC(=O)COC(=O)CCC(=O)OCC(=O)Oc2ccc(N=C=O)cc2)cc1. The molecule has 0 aliphatic rings. The fraction of sp³-hybridized carbons (Fsp3) is 0.182. The Hall–Kier alpha value is -5.01. The lowest BCUT2D eigenvalue weighted by Crippen LogP contribution is -2.21. The van der Waals surface area contributed by atoms with E-state index in [4.69, 9.17) is 24.2 Å². The number of hydrogen-bond donors (Lipinski definition) is 0. The van der Waals surface area contributed by atoms with Crippen LogP contribution in [0.3, 0.4) is 0 Å². The van der Waals surface area contributed by atoms with Crippen molar-refractivity contribution in [2.24, 2.45) is 4.99 Å². The Labute approximate surface area is 192 Å². The minimum absolute atomic E-state index is 0.146. The maximum Gasteiger partial charge on any atom is 0.349 e. The quantitative estimate of drug-likeness (QED) is 0.155. The molecule has 0 aromatic heterocycles. The van der Waals surface area contributed by atoms with Crippen LogP contribution in [0, 0.1) is 11.5 Å². The van der Waals surface area contributed by atoms with Gasteiger partial charge >= 0.3 is 23.9 Å². The zero-order chi connectivity index (χ0) is 24.8. The van der Waals surface area contributed by atoms with Gasteiger partial charge in [-0.3, -0.25) is 9.59 Å². The van der Waals surface area contributed by atoms with Crippen LogP contribution in [0.15, 0.2) is 53.5 Å². The monoisotopic (exact) mass is 468 g/mol. The normalized spacial score (nSPS) is 9.50. The molecule has 0 aliphatic heterocycles. The van der Waals surface area contributed by atoms with E-state index in [0.29, 0.717) is 5.69 Å². The molecule has 12 heteroatoms. The third kappa shape index (κ3) is 9.42. The fourth-order valence-electron chi connectivity index (χ4n) is 2.22. The number of rotatable bonds is 11. The molecule has 0 spiro atoms. The van der Waals surface area contributed by atoms with Crippen LogP contribution < -0.4 is 14.2 Å². The molecule has 0 saturated carbocycles. The summed E-state index contributed by atoms with van der Waals surface area (Å²) in [4.78, 5) is 60.3. The summed E-state index contributed by atoms with van der Waals surface area (Å²) in [7, 11) is 0. The van der Waals surface area contributed by atoms with Gasteiger partial charge in [0.1, 0.15) is 17.2 Å². The molecule has 12 nitrogen and oxygen atoms in total. The molecule has 0 saturated heterocycles. The van der Waals surface area contributed by atoms with Crippen LogP contribution in [0.2, 0.25) is 0 Å². The number of carbonyl (C=O) groups is 4. The molecule has 2 aromatic carbocycles. The van der Waals surface area contributed by atoms with Crippen molar-refractivity contribution in [3.8, 4) is 23.5 Å². The molecule has 0 fully saturated rings. The highest BCUT2D eigenvalue weighted by molar-refractivity contribution is 5.82. The van der Waals surface area contributed by atoms with Crippen LogP contribution in [0.5, 0.6) is 17.2 Å². The van der Waals surface area contributed by atoms with Gasteiger partial charge in [0.2, 0.25) is 6.08 Å². The number of nitriles is 1. The number of carbonyl (C=O) groups excluding carboxylic acids is 5. The third-order valence-electron chi connectivity index (χ3n) is 3.70. The second-order valence-corrected chi connectivity index (χ2v) is 6.13. The van der Waals surface area contributed by atoms with E-state index < -0.39 is 37.1 Å². The van der Waals surface area contributed by atoms with E-state index in [9.17, 15) is 24.0 Å². The predicted octanol–water partition coefficient (Wildman–Crippen LogP) is 1.89. The Morgan fingerprint density at radius 2 is 1.15 bits per heavy atom. The Kier molecular flexibility index (Phi) is 9.96. The van der Waals surface area contributed by atoms with Crippen molar-refractivity contribution in [1.29, 1.82) is 5.26 Å². The zero-order valence-corrected chi connectivity index (χ0v) is 17.4. The van der Waals surface area contributed by atoms with E-state index in [1.807, 2.05) is 0 Å². The second-order valence-electron chi connectivity index (χ2n) is 6.13. The first kappa shape index (κ1) is 25.3. The summed E-state index contributed by atoms with van der Waals surface area (Å²) in [5.41, 5.74) is 0.321. The molecule has 0 amide bonds. The molecular formula is C22H16N2O10. The van der Waals surface area contributed by atoms with E-state index in [-0.39, 0.29) is 30.1 Å². The zero-order valence-electron chi connectivity index (χ0n) is 17.4. The summed E-state index contributed by atoms with van der Waals surface area (Å²) in [6.07, 6.45) is 2.08. The summed E-state index contributed by atoms with van der Waals surface area (Å²) >= 11 is 0. The molecule has 174 valence electrons. The first-order valence-corrected chi connectivity index (χ1v) is 9.46. The van der Waals surface area contributed by atoms with Gasteiger partial charge in [-0.05, 0) is 48.5 Å². The predicted molar refractivity (Wildman–Crippen MR) is 109 cm³/mol. The second kappa shape index (κ2) is 13.4.